The minimum atomic E-state index is -4.87. The highest BCUT2D eigenvalue weighted by atomic mass is 32.1. The third kappa shape index (κ3) is 3.38. The molecule has 1 aromatic rings. The number of pyridine rings is 1. The normalized spacial score (nSPS) is 26.3. The van der Waals surface area contributed by atoms with Gasteiger partial charge in [0, 0.05) is 5.70 Å². The molecule has 2 unspecified atom stereocenters. The summed E-state index contributed by atoms with van der Waals surface area (Å²) in [5, 5.41) is 8.83. The van der Waals surface area contributed by atoms with Crippen molar-refractivity contribution in [2.75, 3.05) is 4.90 Å². The Hall–Kier alpha value is -3.33. The maximum atomic E-state index is 15.2. The molecule has 1 aliphatic heterocycles. The van der Waals surface area contributed by atoms with Crippen molar-refractivity contribution in [1.29, 1.82) is 5.26 Å². The number of carbonyl (C=O) groups is 2. The van der Waals surface area contributed by atoms with Gasteiger partial charge in [0.25, 0.3) is 5.91 Å². The van der Waals surface area contributed by atoms with Crippen molar-refractivity contribution in [3.05, 3.63) is 47.4 Å². The summed E-state index contributed by atoms with van der Waals surface area (Å²) in [6.45, 7) is 1.16. The van der Waals surface area contributed by atoms with Crippen LogP contribution in [0, 0.1) is 17.2 Å². The number of aromatic nitrogens is 1. The summed E-state index contributed by atoms with van der Waals surface area (Å²) in [4.78, 5) is 30.9. The smallest absolute Gasteiger partial charge is 0.369 e. The number of rotatable bonds is 3. The zero-order chi connectivity index (χ0) is 24.3. The molecule has 2 fully saturated rings. The quantitative estimate of drug-likeness (QED) is 0.528. The molecule has 1 aromatic heterocycles. The third-order valence-corrected chi connectivity index (χ3v) is 6.56. The zero-order valence-electron chi connectivity index (χ0n) is 17.2. The van der Waals surface area contributed by atoms with Gasteiger partial charge in [0.1, 0.15) is 17.3 Å². The molecule has 3 aliphatic rings. The van der Waals surface area contributed by atoms with Gasteiger partial charge in [-0.05, 0) is 56.6 Å². The second kappa shape index (κ2) is 7.34. The highest BCUT2D eigenvalue weighted by Gasteiger charge is 2.60. The lowest BCUT2D eigenvalue weighted by atomic mass is 9.74. The molecule has 7 nitrogen and oxygen atoms in total. The van der Waals surface area contributed by atoms with E-state index in [1.165, 1.54) is 23.1 Å². The maximum absolute atomic E-state index is 15.2. The summed E-state index contributed by atoms with van der Waals surface area (Å²) in [5.41, 5.74) is -0.244. The number of hydrogen-bond donors (Lipinski definition) is 1. The Morgan fingerprint density at radius 3 is 2.55 bits per heavy atom. The van der Waals surface area contributed by atoms with Crippen LogP contribution in [0.5, 0.6) is 0 Å². The van der Waals surface area contributed by atoms with Gasteiger partial charge in [0.05, 0.1) is 23.4 Å². The molecular formula is C21H17F4N5O2S. The number of amides is 2. The molecule has 4 rings (SSSR count). The topological polar surface area (TPSA) is 103 Å². The average molecular weight is 479 g/mol. The first kappa shape index (κ1) is 22.8. The molecule has 33 heavy (non-hydrogen) atoms. The van der Waals surface area contributed by atoms with Crippen LogP contribution in [-0.2, 0) is 15.8 Å². The molecule has 2 amide bonds. The molecule has 1 spiro atoms. The first-order valence-electron chi connectivity index (χ1n) is 9.89. The Bertz CT molecular complexity index is 1180. The predicted octanol–water partition coefficient (Wildman–Crippen LogP) is 3.11. The van der Waals surface area contributed by atoms with Crippen LogP contribution in [0.1, 0.15) is 37.4 Å². The van der Waals surface area contributed by atoms with Crippen LogP contribution in [0.15, 0.2) is 36.2 Å². The van der Waals surface area contributed by atoms with Gasteiger partial charge in [0.15, 0.2) is 10.8 Å². The van der Waals surface area contributed by atoms with E-state index in [1.807, 2.05) is 0 Å². The minimum absolute atomic E-state index is 0.149. The van der Waals surface area contributed by atoms with E-state index in [1.54, 1.807) is 0 Å². The second-order valence-corrected chi connectivity index (χ2v) is 8.67. The Morgan fingerprint density at radius 2 is 2.06 bits per heavy atom. The number of thiocarbonyl (C=S) groups is 1. The molecule has 2 N–H and O–H groups in total. The number of nitrogens with zero attached hydrogens (tertiary/aromatic N) is 4. The summed E-state index contributed by atoms with van der Waals surface area (Å²) >= 11 is 5.47. The summed E-state index contributed by atoms with van der Waals surface area (Å²) in [6.07, 6.45) is 1.32. The zero-order valence-corrected chi connectivity index (χ0v) is 18.0. The van der Waals surface area contributed by atoms with Gasteiger partial charge in [-0.2, -0.15) is 18.4 Å². The molecular weight excluding hydrogens is 462 g/mol. The fourth-order valence-corrected chi connectivity index (χ4v) is 4.88. The molecule has 0 aromatic carbocycles. The molecule has 12 heteroatoms. The lowest BCUT2D eigenvalue weighted by Gasteiger charge is -2.44. The molecule has 2 atom stereocenters. The number of nitrogens with two attached hydrogens (primary N) is 1. The number of halogens is 4. The van der Waals surface area contributed by atoms with Gasteiger partial charge in [-0.15, -0.1) is 0 Å². The highest BCUT2D eigenvalue weighted by molar-refractivity contribution is 7.80. The van der Waals surface area contributed by atoms with E-state index in [2.05, 4.69) is 4.98 Å². The third-order valence-electron chi connectivity index (χ3n) is 6.20. The van der Waals surface area contributed by atoms with Crippen molar-refractivity contribution < 1.29 is 27.2 Å². The van der Waals surface area contributed by atoms with E-state index in [0.717, 1.165) is 24.1 Å². The maximum Gasteiger partial charge on any atom is 0.419 e. The second-order valence-electron chi connectivity index (χ2n) is 8.30. The molecule has 2 aliphatic carbocycles. The van der Waals surface area contributed by atoms with Gasteiger partial charge in [0.2, 0.25) is 5.91 Å². The summed E-state index contributed by atoms with van der Waals surface area (Å²) in [5.74, 6) is -2.65. The number of carbonyl (C=O) groups excluding carboxylic acids is 2. The van der Waals surface area contributed by atoms with Crippen molar-refractivity contribution in [2.45, 2.75) is 43.6 Å². The first-order valence-corrected chi connectivity index (χ1v) is 10.3. The van der Waals surface area contributed by atoms with Gasteiger partial charge in [-0.1, -0.05) is 6.08 Å². The number of alkyl halides is 4. The van der Waals surface area contributed by atoms with Crippen LogP contribution < -0.4 is 10.6 Å². The minimum Gasteiger partial charge on any atom is -0.369 e. The highest BCUT2D eigenvalue weighted by Crippen LogP contribution is 2.49. The average Bonchev–Trinajstić information content (AvgIpc) is 2.92. The predicted molar refractivity (Wildman–Crippen MR) is 112 cm³/mol. The van der Waals surface area contributed by atoms with E-state index in [-0.39, 0.29) is 16.5 Å². The van der Waals surface area contributed by atoms with Crippen LogP contribution in [-0.4, -0.2) is 38.0 Å². The van der Waals surface area contributed by atoms with Gasteiger partial charge >= 0.3 is 6.18 Å². The lowest BCUT2D eigenvalue weighted by molar-refractivity contribution is -0.138. The fraction of sp³-hybridized carbons (Fsp3) is 0.381. The van der Waals surface area contributed by atoms with Crippen LogP contribution in [0.4, 0.5) is 23.2 Å². The number of hydrogen-bond acceptors (Lipinski definition) is 5. The summed E-state index contributed by atoms with van der Waals surface area (Å²) in [7, 11) is 0. The van der Waals surface area contributed by atoms with Gasteiger partial charge in [-0.25, -0.2) is 9.37 Å². The largest absolute Gasteiger partial charge is 0.419 e. The Kier molecular flexibility index (Phi) is 5.09. The molecule has 1 saturated carbocycles. The fourth-order valence-electron chi connectivity index (χ4n) is 4.41. The first-order chi connectivity index (χ1) is 15.3. The SMILES string of the molecule is CC1(F)C=C(N2C(=S)N(c3cnc(C#N)c(C(F)(F)F)c3)C(=O)C23CCC3)C=CC1C(N)=O. The van der Waals surface area contributed by atoms with Crippen molar-refractivity contribution in [1.82, 2.24) is 9.88 Å². The van der Waals surface area contributed by atoms with Crippen molar-refractivity contribution in [3.8, 4) is 6.07 Å². The van der Waals surface area contributed by atoms with E-state index in [0.29, 0.717) is 25.3 Å². The number of allylic oxidation sites excluding steroid dienone is 2. The monoisotopic (exact) mass is 479 g/mol. The van der Waals surface area contributed by atoms with Crippen molar-refractivity contribution >= 4 is 34.8 Å². The number of nitriles is 1. The van der Waals surface area contributed by atoms with Crippen LogP contribution in [0.3, 0.4) is 0 Å². The standard InChI is InChI=1S/C21H17F4N5O2S/c1-19(22)8-11(3-4-13(19)16(27)31)30-18(33)29(17(32)20(30)5-2-6-20)12-7-14(21(23,24)25)15(9-26)28-10-12/h3-4,7-8,10,13H,2,5-6H2,1H3,(H2,27,31). The van der Waals surface area contributed by atoms with E-state index in [4.69, 9.17) is 23.2 Å². The van der Waals surface area contributed by atoms with E-state index >= 15 is 4.39 Å². The Labute approximate surface area is 191 Å². The van der Waals surface area contributed by atoms with Crippen LogP contribution in [0.25, 0.3) is 0 Å². The van der Waals surface area contributed by atoms with E-state index in [9.17, 15) is 22.8 Å². The van der Waals surface area contributed by atoms with Crippen molar-refractivity contribution in [3.63, 3.8) is 0 Å². The Morgan fingerprint density at radius 1 is 1.39 bits per heavy atom. The molecule has 0 bridgehead atoms. The van der Waals surface area contributed by atoms with Gasteiger partial charge < -0.3 is 10.6 Å². The van der Waals surface area contributed by atoms with Crippen LogP contribution in [0.2, 0.25) is 0 Å². The van der Waals surface area contributed by atoms with Gasteiger partial charge in [-0.3, -0.25) is 14.5 Å². The molecule has 172 valence electrons. The van der Waals surface area contributed by atoms with Crippen molar-refractivity contribution in [2.24, 2.45) is 11.7 Å². The van der Waals surface area contributed by atoms with Crippen LogP contribution >= 0.6 is 12.2 Å². The summed E-state index contributed by atoms with van der Waals surface area (Å²) in [6, 6.07) is 2.04. The number of anilines is 1. The molecule has 1 saturated heterocycles. The van der Waals surface area contributed by atoms with E-state index < -0.39 is 46.4 Å². The molecule has 0 radical (unpaired) electrons. The lowest BCUT2D eigenvalue weighted by Crippen LogP contribution is -2.55. The molecule has 2 heterocycles. The Balaban J connectivity index is 1.79. The number of primary amides is 1. The summed E-state index contributed by atoms with van der Waals surface area (Å²) < 4.78 is 55.5.